The molecular formula is C33H41N3O4S. The van der Waals surface area contributed by atoms with Gasteiger partial charge in [0.2, 0.25) is 11.8 Å². The number of carbonyl (C=O) groups excluding carboxylic acids is 2. The van der Waals surface area contributed by atoms with Gasteiger partial charge in [-0.3, -0.25) is 13.9 Å². The lowest BCUT2D eigenvalue weighted by molar-refractivity contribution is -0.140. The molecule has 0 radical (unpaired) electrons. The lowest BCUT2D eigenvalue weighted by Crippen LogP contribution is -2.53. The normalized spacial score (nSPS) is 14.4. The Labute approximate surface area is 244 Å². The molecule has 8 heteroatoms. The number of aryl methyl sites for hydroxylation is 2. The summed E-state index contributed by atoms with van der Waals surface area (Å²) in [5.74, 6) is -0.614. The SMILES string of the molecule is CCc1ccccc1N(CC(=O)N(Cc1cccc(C)c1)C(CC)C(=O)NC1CCCC1)S(=O)(=O)c1ccccc1. The molecule has 1 aliphatic rings. The van der Waals surface area contributed by atoms with E-state index in [1.165, 1.54) is 16.4 Å². The second-order valence-electron chi connectivity index (χ2n) is 10.7. The van der Waals surface area contributed by atoms with Gasteiger partial charge in [0.15, 0.2) is 0 Å². The van der Waals surface area contributed by atoms with E-state index < -0.39 is 28.5 Å². The molecule has 1 atom stereocenters. The van der Waals surface area contributed by atoms with Crippen molar-refractivity contribution in [1.29, 1.82) is 0 Å². The number of hydrogen-bond donors (Lipinski definition) is 1. The molecule has 4 rings (SSSR count). The number of hydrogen-bond acceptors (Lipinski definition) is 4. The smallest absolute Gasteiger partial charge is 0.264 e. The zero-order chi connectivity index (χ0) is 29.4. The van der Waals surface area contributed by atoms with E-state index in [2.05, 4.69) is 5.32 Å². The lowest BCUT2D eigenvalue weighted by Gasteiger charge is -2.34. The van der Waals surface area contributed by atoms with Crippen LogP contribution in [0.2, 0.25) is 0 Å². The molecule has 1 N–H and O–H groups in total. The van der Waals surface area contributed by atoms with E-state index in [0.717, 1.165) is 42.4 Å². The van der Waals surface area contributed by atoms with Crippen LogP contribution in [-0.2, 0) is 32.6 Å². The van der Waals surface area contributed by atoms with E-state index >= 15 is 0 Å². The number of amides is 2. The predicted molar refractivity (Wildman–Crippen MR) is 163 cm³/mol. The van der Waals surface area contributed by atoms with Crippen LogP contribution in [-0.4, -0.2) is 43.8 Å². The van der Waals surface area contributed by atoms with Gasteiger partial charge in [-0.1, -0.05) is 92.9 Å². The highest BCUT2D eigenvalue weighted by Gasteiger charge is 2.35. The van der Waals surface area contributed by atoms with Gasteiger partial charge in [0.05, 0.1) is 10.6 Å². The Morgan fingerprint density at radius 1 is 0.927 bits per heavy atom. The molecule has 0 heterocycles. The quantitative estimate of drug-likeness (QED) is 0.304. The Morgan fingerprint density at radius 3 is 2.27 bits per heavy atom. The first-order chi connectivity index (χ1) is 19.7. The third-order valence-corrected chi connectivity index (χ3v) is 9.55. The van der Waals surface area contributed by atoms with Gasteiger partial charge < -0.3 is 10.2 Å². The summed E-state index contributed by atoms with van der Waals surface area (Å²) in [6, 6.07) is 22.6. The van der Waals surface area contributed by atoms with Crippen LogP contribution in [0.3, 0.4) is 0 Å². The van der Waals surface area contributed by atoms with Crippen molar-refractivity contribution in [2.45, 2.75) is 82.8 Å². The average molecular weight is 576 g/mol. The molecule has 0 aromatic heterocycles. The number of para-hydroxylation sites is 1. The molecule has 0 bridgehead atoms. The molecule has 41 heavy (non-hydrogen) atoms. The fraction of sp³-hybridized carbons (Fsp3) is 0.394. The predicted octanol–water partition coefficient (Wildman–Crippen LogP) is 5.62. The monoisotopic (exact) mass is 575 g/mol. The maximum Gasteiger partial charge on any atom is 0.264 e. The molecule has 7 nitrogen and oxygen atoms in total. The van der Waals surface area contributed by atoms with E-state index in [9.17, 15) is 18.0 Å². The van der Waals surface area contributed by atoms with Crippen molar-refractivity contribution >= 4 is 27.5 Å². The molecule has 0 saturated heterocycles. The zero-order valence-corrected chi connectivity index (χ0v) is 25.1. The van der Waals surface area contributed by atoms with E-state index in [1.807, 2.05) is 57.2 Å². The molecule has 1 fully saturated rings. The number of nitrogens with zero attached hydrogens (tertiary/aromatic N) is 2. The molecule has 0 aliphatic heterocycles. The van der Waals surface area contributed by atoms with Crippen LogP contribution >= 0.6 is 0 Å². The molecule has 0 spiro atoms. The summed E-state index contributed by atoms with van der Waals surface area (Å²) in [6.07, 6.45) is 5.04. The van der Waals surface area contributed by atoms with Crippen molar-refractivity contribution in [3.8, 4) is 0 Å². The second-order valence-corrected chi connectivity index (χ2v) is 12.6. The van der Waals surface area contributed by atoms with Crippen LogP contribution in [0.15, 0.2) is 83.8 Å². The Kier molecular flexibility index (Phi) is 10.2. The van der Waals surface area contributed by atoms with Crippen LogP contribution < -0.4 is 9.62 Å². The topological polar surface area (TPSA) is 86.8 Å². The first-order valence-electron chi connectivity index (χ1n) is 14.6. The van der Waals surface area contributed by atoms with Crippen molar-refractivity contribution in [2.24, 2.45) is 0 Å². The maximum absolute atomic E-state index is 14.3. The van der Waals surface area contributed by atoms with Gasteiger partial charge in [-0.2, -0.15) is 0 Å². The van der Waals surface area contributed by atoms with Gasteiger partial charge in [0, 0.05) is 12.6 Å². The summed E-state index contributed by atoms with van der Waals surface area (Å²) in [5, 5.41) is 3.16. The molecule has 2 amide bonds. The van der Waals surface area contributed by atoms with Gasteiger partial charge in [0.1, 0.15) is 12.6 Å². The molecule has 1 unspecified atom stereocenters. The Hall–Kier alpha value is -3.65. The fourth-order valence-corrected chi connectivity index (χ4v) is 7.05. The molecule has 1 aliphatic carbocycles. The summed E-state index contributed by atoms with van der Waals surface area (Å²) in [7, 11) is -4.08. The first kappa shape index (κ1) is 30.3. The highest BCUT2D eigenvalue weighted by atomic mass is 32.2. The number of anilines is 1. The van der Waals surface area contributed by atoms with Crippen molar-refractivity contribution in [2.75, 3.05) is 10.8 Å². The Bertz CT molecular complexity index is 1440. The number of carbonyl (C=O) groups is 2. The third kappa shape index (κ3) is 7.36. The van der Waals surface area contributed by atoms with Crippen LogP contribution in [0.5, 0.6) is 0 Å². The van der Waals surface area contributed by atoms with Crippen LogP contribution in [0.4, 0.5) is 5.69 Å². The van der Waals surface area contributed by atoms with Gasteiger partial charge in [-0.05, 0) is 61.9 Å². The molecule has 218 valence electrons. The van der Waals surface area contributed by atoms with E-state index in [-0.39, 0.29) is 23.4 Å². The van der Waals surface area contributed by atoms with Crippen LogP contribution in [0.1, 0.15) is 62.6 Å². The minimum atomic E-state index is -4.08. The van der Waals surface area contributed by atoms with Gasteiger partial charge in [-0.15, -0.1) is 0 Å². The van der Waals surface area contributed by atoms with E-state index in [4.69, 9.17) is 0 Å². The van der Waals surface area contributed by atoms with Crippen molar-refractivity contribution in [3.63, 3.8) is 0 Å². The summed E-state index contributed by atoms with van der Waals surface area (Å²) in [4.78, 5) is 29.5. The van der Waals surface area contributed by atoms with Crippen molar-refractivity contribution in [3.05, 3.63) is 95.6 Å². The summed E-state index contributed by atoms with van der Waals surface area (Å²) in [5.41, 5.74) is 3.21. The minimum absolute atomic E-state index is 0.106. The third-order valence-electron chi connectivity index (χ3n) is 7.77. The van der Waals surface area contributed by atoms with E-state index in [0.29, 0.717) is 18.5 Å². The number of benzene rings is 3. The van der Waals surface area contributed by atoms with Crippen LogP contribution in [0, 0.1) is 6.92 Å². The lowest BCUT2D eigenvalue weighted by atomic mass is 10.1. The Morgan fingerprint density at radius 2 is 1.61 bits per heavy atom. The highest BCUT2D eigenvalue weighted by Crippen LogP contribution is 2.28. The molecular weight excluding hydrogens is 534 g/mol. The number of nitrogens with one attached hydrogen (secondary N) is 1. The minimum Gasteiger partial charge on any atom is -0.352 e. The van der Waals surface area contributed by atoms with Crippen LogP contribution in [0.25, 0.3) is 0 Å². The largest absolute Gasteiger partial charge is 0.352 e. The van der Waals surface area contributed by atoms with Crippen molar-refractivity contribution < 1.29 is 18.0 Å². The first-order valence-corrected chi connectivity index (χ1v) is 16.0. The summed E-state index contributed by atoms with van der Waals surface area (Å²) >= 11 is 0. The number of rotatable bonds is 12. The highest BCUT2D eigenvalue weighted by molar-refractivity contribution is 7.92. The average Bonchev–Trinajstić information content (AvgIpc) is 3.49. The van der Waals surface area contributed by atoms with Gasteiger partial charge >= 0.3 is 0 Å². The maximum atomic E-state index is 14.3. The van der Waals surface area contributed by atoms with Crippen molar-refractivity contribution in [1.82, 2.24) is 10.2 Å². The second kappa shape index (κ2) is 13.8. The summed E-state index contributed by atoms with van der Waals surface area (Å²) < 4.78 is 29.3. The van der Waals surface area contributed by atoms with Gasteiger partial charge in [-0.25, -0.2) is 8.42 Å². The molecule has 1 saturated carbocycles. The molecule has 3 aromatic carbocycles. The zero-order valence-electron chi connectivity index (χ0n) is 24.3. The summed E-state index contributed by atoms with van der Waals surface area (Å²) in [6.45, 7) is 5.60. The Balaban J connectivity index is 1.73. The van der Waals surface area contributed by atoms with Gasteiger partial charge in [0.25, 0.3) is 10.0 Å². The van der Waals surface area contributed by atoms with E-state index in [1.54, 1.807) is 35.2 Å². The number of sulfonamides is 1. The fourth-order valence-electron chi connectivity index (χ4n) is 5.58. The standard InChI is InChI=1S/C33H41N3O4S/c1-4-27-16-9-12-21-31(27)36(41(39,40)29-19-7-6-8-20-29)24-32(37)35(23-26-15-13-14-25(3)22-26)30(5-2)33(38)34-28-17-10-11-18-28/h6-9,12-16,19-22,28,30H,4-5,10-11,17-18,23-24H2,1-3H3,(H,34,38). The molecule has 3 aromatic rings.